The van der Waals surface area contributed by atoms with Gasteiger partial charge in [0.15, 0.2) is 0 Å². The van der Waals surface area contributed by atoms with Crippen LogP contribution in [0.15, 0.2) is 53.4 Å². The Bertz CT molecular complexity index is 893. The summed E-state index contributed by atoms with van der Waals surface area (Å²) in [5, 5.41) is 3.44. The first-order chi connectivity index (χ1) is 12.4. The number of benzene rings is 2. The van der Waals surface area contributed by atoms with Crippen LogP contribution in [0.2, 0.25) is 5.02 Å². The number of carbonyl (C=O) groups is 1. The molecule has 0 saturated heterocycles. The van der Waals surface area contributed by atoms with Gasteiger partial charge < -0.3 is 5.32 Å². The molecule has 0 radical (unpaired) electrons. The number of anilines is 1. The summed E-state index contributed by atoms with van der Waals surface area (Å²) in [6, 6.07) is 12.7. The number of halogens is 1. The smallest absolute Gasteiger partial charge is 0.261 e. The van der Waals surface area contributed by atoms with E-state index >= 15 is 0 Å². The zero-order valence-corrected chi connectivity index (χ0v) is 15.8. The van der Waals surface area contributed by atoms with Gasteiger partial charge in [-0.05, 0) is 49.2 Å². The molecular weight excluding hydrogens is 372 g/mol. The minimum atomic E-state index is -3.81. The third-order valence-electron chi connectivity index (χ3n) is 4.42. The van der Waals surface area contributed by atoms with Crippen molar-refractivity contribution in [2.24, 2.45) is 0 Å². The molecule has 1 fully saturated rings. The topological polar surface area (TPSA) is 75.3 Å². The Balaban J connectivity index is 1.76. The van der Waals surface area contributed by atoms with E-state index in [2.05, 4.69) is 10.0 Å². The van der Waals surface area contributed by atoms with E-state index in [1.54, 1.807) is 30.3 Å². The number of hydrogen-bond donors (Lipinski definition) is 2. The van der Waals surface area contributed by atoms with E-state index in [1.807, 2.05) is 0 Å². The Morgan fingerprint density at radius 1 is 1.00 bits per heavy atom. The summed E-state index contributed by atoms with van der Waals surface area (Å²) >= 11 is 5.89. The van der Waals surface area contributed by atoms with Crippen LogP contribution >= 0.6 is 11.6 Å². The lowest BCUT2D eigenvalue weighted by Crippen LogP contribution is -2.36. The average Bonchev–Trinajstić information content (AvgIpc) is 2.62. The molecular formula is C19H21ClN2O3S. The van der Waals surface area contributed by atoms with Gasteiger partial charge in [-0.15, -0.1) is 0 Å². The van der Waals surface area contributed by atoms with Crippen LogP contribution in [0.1, 0.15) is 42.5 Å². The van der Waals surface area contributed by atoms with Gasteiger partial charge >= 0.3 is 0 Å². The van der Waals surface area contributed by atoms with Gasteiger partial charge in [-0.2, -0.15) is 0 Å². The fourth-order valence-corrected chi connectivity index (χ4v) is 4.37. The molecule has 0 heterocycles. The molecule has 138 valence electrons. The summed E-state index contributed by atoms with van der Waals surface area (Å²) < 4.78 is 27.7. The zero-order valence-electron chi connectivity index (χ0n) is 14.2. The standard InChI is InChI=1S/C19H21ClN2O3S/c20-15-7-5-10-17(13-15)22-26(24,25)18-11-4-6-14(12-18)19(23)21-16-8-2-1-3-9-16/h4-7,10-13,16,22H,1-3,8-9H2,(H,21,23). The van der Waals surface area contributed by atoms with Crippen LogP contribution in [0.3, 0.4) is 0 Å². The number of amides is 1. The Hall–Kier alpha value is -2.05. The number of sulfonamides is 1. The van der Waals surface area contributed by atoms with Crippen molar-refractivity contribution in [3.05, 3.63) is 59.1 Å². The van der Waals surface area contributed by atoms with Crippen molar-refractivity contribution in [1.82, 2.24) is 5.32 Å². The minimum absolute atomic E-state index is 0.0359. The molecule has 3 rings (SSSR count). The van der Waals surface area contributed by atoms with Crippen molar-refractivity contribution in [3.63, 3.8) is 0 Å². The molecule has 0 bridgehead atoms. The molecule has 1 aliphatic rings. The van der Waals surface area contributed by atoms with E-state index in [0.29, 0.717) is 16.3 Å². The van der Waals surface area contributed by atoms with Crippen LogP contribution in [0, 0.1) is 0 Å². The highest BCUT2D eigenvalue weighted by Gasteiger charge is 2.19. The predicted octanol–water partition coefficient (Wildman–Crippen LogP) is 4.20. The van der Waals surface area contributed by atoms with Crippen molar-refractivity contribution in [2.45, 2.75) is 43.0 Å². The number of carbonyl (C=O) groups excluding carboxylic acids is 1. The third kappa shape index (κ3) is 4.77. The van der Waals surface area contributed by atoms with Crippen molar-refractivity contribution in [1.29, 1.82) is 0 Å². The fourth-order valence-electron chi connectivity index (χ4n) is 3.09. The highest BCUT2D eigenvalue weighted by molar-refractivity contribution is 7.92. The van der Waals surface area contributed by atoms with Crippen molar-refractivity contribution in [2.75, 3.05) is 4.72 Å². The monoisotopic (exact) mass is 392 g/mol. The van der Waals surface area contributed by atoms with Gasteiger partial charge in [0.1, 0.15) is 0 Å². The Morgan fingerprint density at radius 2 is 1.73 bits per heavy atom. The molecule has 1 amide bonds. The van der Waals surface area contributed by atoms with Crippen molar-refractivity contribution in [3.8, 4) is 0 Å². The first-order valence-electron chi connectivity index (χ1n) is 8.63. The molecule has 5 nitrogen and oxygen atoms in total. The largest absolute Gasteiger partial charge is 0.349 e. The molecule has 0 aliphatic heterocycles. The highest BCUT2D eigenvalue weighted by atomic mass is 35.5. The van der Waals surface area contributed by atoms with Gasteiger partial charge in [0, 0.05) is 16.6 Å². The summed E-state index contributed by atoms with van der Waals surface area (Å²) in [6.45, 7) is 0. The van der Waals surface area contributed by atoms with Crippen LogP contribution in [0.4, 0.5) is 5.69 Å². The molecule has 26 heavy (non-hydrogen) atoms. The van der Waals surface area contributed by atoms with Crippen LogP contribution in [0.5, 0.6) is 0 Å². The number of hydrogen-bond acceptors (Lipinski definition) is 3. The van der Waals surface area contributed by atoms with Crippen LogP contribution in [0.25, 0.3) is 0 Å². The molecule has 2 aromatic rings. The SMILES string of the molecule is O=C(NC1CCCCC1)c1cccc(S(=O)(=O)Nc2cccc(Cl)c2)c1. The van der Waals surface area contributed by atoms with E-state index in [1.165, 1.54) is 24.6 Å². The lowest BCUT2D eigenvalue weighted by Gasteiger charge is -2.22. The quantitative estimate of drug-likeness (QED) is 0.800. The normalized spacial score (nSPS) is 15.4. The lowest BCUT2D eigenvalue weighted by atomic mass is 9.95. The maximum Gasteiger partial charge on any atom is 0.261 e. The second kappa shape index (κ2) is 8.10. The van der Waals surface area contributed by atoms with Crippen LogP contribution < -0.4 is 10.0 Å². The van der Waals surface area contributed by atoms with Crippen molar-refractivity contribution < 1.29 is 13.2 Å². The summed E-state index contributed by atoms with van der Waals surface area (Å²) in [7, 11) is -3.81. The van der Waals surface area contributed by atoms with Gasteiger partial charge in [-0.1, -0.05) is 43.0 Å². The fraction of sp³-hybridized carbons (Fsp3) is 0.316. The average molecular weight is 393 g/mol. The highest BCUT2D eigenvalue weighted by Crippen LogP contribution is 2.21. The molecule has 0 aromatic heterocycles. The predicted molar refractivity (Wildman–Crippen MR) is 103 cm³/mol. The van der Waals surface area contributed by atoms with Crippen LogP contribution in [-0.4, -0.2) is 20.4 Å². The van der Waals surface area contributed by atoms with E-state index in [-0.39, 0.29) is 16.8 Å². The molecule has 1 saturated carbocycles. The van der Waals surface area contributed by atoms with E-state index in [0.717, 1.165) is 25.7 Å². The Morgan fingerprint density at radius 3 is 2.46 bits per heavy atom. The Labute approximate surface area is 158 Å². The molecule has 2 N–H and O–H groups in total. The van der Waals surface area contributed by atoms with E-state index in [4.69, 9.17) is 11.6 Å². The van der Waals surface area contributed by atoms with E-state index in [9.17, 15) is 13.2 Å². The zero-order chi connectivity index (χ0) is 18.6. The maximum absolute atomic E-state index is 12.6. The second-order valence-corrected chi connectivity index (χ2v) is 8.57. The number of nitrogens with one attached hydrogen (secondary N) is 2. The molecule has 7 heteroatoms. The summed E-state index contributed by atoms with van der Waals surface area (Å²) in [6.07, 6.45) is 5.38. The van der Waals surface area contributed by atoms with Gasteiger partial charge in [0.25, 0.3) is 15.9 Å². The summed E-state index contributed by atoms with van der Waals surface area (Å²) in [5.74, 6) is -0.239. The first-order valence-corrected chi connectivity index (χ1v) is 10.5. The maximum atomic E-state index is 12.6. The van der Waals surface area contributed by atoms with Gasteiger partial charge in [-0.3, -0.25) is 9.52 Å². The first kappa shape index (κ1) is 18.7. The van der Waals surface area contributed by atoms with Crippen LogP contribution in [-0.2, 0) is 10.0 Å². The van der Waals surface area contributed by atoms with Crippen molar-refractivity contribution >= 4 is 33.2 Å². The van der Waals surface area contributed by atoms with Gasteiger partial charge in [0.05, 0.1) is 10.6 Å². The number of rotatable bonds is 5. The van der Waals surface area contributed by atoms with Gasteiger partial charge in [0.2, 0.25) is 0 Å². The molecule has 1 aliphatic carbocycles. The lowest BCUT2D eigenvalue weighted by molar-refractivity contribution is 0.0927. The molecule has 2 aromatic carbocycles. The summed E-state index contributed by atoms with van der Waals surface area (Å²) in [5.41, 5.74) is 0.708. The summed E-state index contributed by atoms with van der Waals surface area (Å²) in [4.78, 5) is 12.5. The third-order valence-corrected chi connectivity index (χ3v) is 6.04. The molecule has 0 unspecified atom stereocenters. The minimum Gasteiger partial charge on any atom is -0.349 e. The van der Waals surface area contributed by atoms with E-state index < -0.39 is 10.0 Å². The second-order valence-electron chi connectivity index (χ2n) is 6.45. The Kier molecular flexibility index (Phi) is 5.84. The molecule has 0 atom stereocenters. The molecule has 0 spiro atoms. The van der Waals surface area contributed by atoms with Gasteiger partial charge in [-0.25, -0.2) is 8.42 Å².